The first-order valence-electron chi connectivity index (χ1n) is 6.87. The molecule has 1 aliphatic carbocycles. The second-order valence-electron chi connectivity index (χ2n) is 5.23. The summed E-state index contributed by atoms with van der Waals surface area (Å²) < 4.78 is 0. The molecule has 0 atom stereocenters. The molecule has 0 spiro atoms. The Balaban J connectivity index is 1.78. The third-order valence-corrected chi connectivity index (χ3v) is 4.14. The minimum absolute atomic E-state index is 0.151. The monoisotopic (exact) mass is 280 g/mol. The number of rotatable bonds is 4. The minimum atomic E-state index is -0.151. The van der Waals surface area contributed by atoms with Gasteiger partial charge in [0.25, 0.3) is 0 Å². The molecule has 0 radical (unpaired) electrons. The van der Waals surface area contributed by atoms with Crippen molar-refractivity contribution in [2.24, 2.45) is 0 Å². The highest BCUT2D eigenvalue weighted by molar-refractivity contribution is 7.98. The number of nitrogens with zero attached hydrogens (tertiary/aromatic N) is 3. The fourth-order valence-corrected chi connectivity index (χ4v) is 2.65. The third-order valence-electron chi connectivity index (χ3n) is 3.59. The zero-order chi connectivity index (χ0) is 13.2. The number of aliphatic hydroxyl groups excluding tert-OH is 1. The summed E-state index contributed by atoms with van der Waals surface area (Å²) in [6, 6.07) is 2.64. The van der Waals surface area contributed by atoms with Gasteiger partial charge in [-0.3, -0.25) is 0 Å². The lowest BCUT2D eigenvalue weighted by Gasteiger charge is -2.30. The molecule has 1 aromatic heterocycles. The fraction of sp³-hybridized carbons (Fsp3) is 0.692. The van der Waals surface area contributed by atoms with Crippen LogP contribution in [0.5, 0.6) is 0 Å². The summed E-state index contributed by atoms with van der Waals surface area (Å²) in [6.45, 7) is 1.74. The predicted molar refractivity (Wildman–Crippen MR) is 77.9 cm³/mol. The fourth-order valence-electron chi connectivity index (χ4n) is 2.27. The van der Waals surface area contributed by atoms with Crippen LogP contribution in [-0.4, -0.2) is 46.6 Å². The van der Waals surface area contributed by atoms with Crippen LogP contribution in [0.1, 0.15) is 25.7 Å². The first-order valence-corrected chi connectivity index (χ1v) is 8.09. The number of aliphatic hydroxyl groups is 1. The van der Waals surface area contributed by atoms with E-state index in [1.165, 1.54) is 12.8 Å². The molecule has 1 aromatic rings. The van der Waals surface area contributed by atoms with Gasteiger partial charge in [-0.05, 0) is 31.9 Å². The summed E-state index contributed by atoms with van der Waals surface area (Å²) in [4.78, 5) is 11.3. The van der Waals surface area contributed by atoms with Crippen LogP contribution < -0.4 is 10.2 Å². The lowest BCUT2D eigenvalue weighted by Crippen LogP contribution is -2.36. The molecule has 104 valence electrons. The molecule has 2 heterocycles. The van der Waals surface area contributed by atoms with Crippen LogP contribution in [0.2, 0.25) is 0 Å². The first kappa shape index (κ1) is 13.0. The Labute approximate surface area is 117 Å². The molecule has 2 N–H and O–H groups in total. The normalized spacial score (nSPS) is 20.6. The standard InChI is InChI=1S/C13H20N4OS/c1-19-13-15-11(14-9-2-3-9)8-12(16-13)17-6-4-10(18)5-7-17/h8-10,18H,2-7H2,1H3,(H,14,15,16). The van der Waals surface area contributed by atoms with Crippen molar-refractivity contribution in [1.29, 1.82) is 0 Å². The van der Waals surface area contributed by atoms with E-state index in [2.05, 4.69) is 20.2 Å². The Hall–Kier alpha value is -1.01. The molecule has 3 rings (SSSR count). The van der Waals surface area contributed by atoms with Crippen molar-refractivity contribution < 1.29 is 5.11 Å². The maximum atomic E-state index is 9.58. The molecule has 6 heteroatoms. The molecule has 1 saturated carbocycles. The molecule has 0 amide bonds. The summed E-state index contributed by atoms with van der Waals surface area (Å²) in [5, 5.41) is 13.8. The van der Waals surface area contributed by atoms with Crippen molar-refractivity contribution in [3.05, 3.63) is 6.07 Å². The summed E-state index contributed by atoms with van der Waals surface area (Å²) in [5.41, 5.74) is 0. The van der Waals surface area contributed by atoms with Gasteiger partial charge in [-0.15, -0.1) is 0 Å². The Morgan fingerprint density at radius 1 is 1.26 bits per heavy atom. The van der Waals surface area contributed by atoms with Crippen LogP contribution in [-0.2, 0) is 0 Å². The maximum absolute atomic E-state index is 9.58. The topological polar surface area (TPSA) is 61.3 Å². The van der Waals surface area contributed by atoms with Crippen molar-refractivity contribution in [3.8, 4) is 0 Å². The number of aromatic nitrogens is 2. The molecule has 19 heavy (non-hydrogen) atoms. The van der Waals surface area contributed by atoms with Crippen LogP contribution in [0.4, 0.5) is 11.6 Å². The largest absolute Gasteiger partial charge is 0.393 e. The Morgan fingerprint density at radius 2 is 2.00 bits per heavy atom. The molecule has 2 fully saturated rings. The van der Waals surface area contributed by atoms with Crippen LogP contribution in [0.3, 0.4) is 0 Å². The van der Waals surface area contributed by atoms with Crippen molar-refractivity contribution in [2.75, 3.05) is 29.6 Å². The summed E-state index contributed by atoms with van der Waals surface area (Å²) >= 11 is 1.57. The van der Waals surface area contributed by atoms with Gasteiger partial charge < -0.3 is 15.3 Å². The van der Waals surface area contributed by atoms with E-state index in [4.69, 9.17) is 0 Å². The highest BCUT2D eigenvalue weighted by Gasteiger charge is 2.23. The van der Waals surface area contributed by atoms with Crippen LogP contribution in [0.15, 0.2) is 11.2 Å². The lowest BCUT2D eigenvalue weighted by molar-refractivity contribution is 0.145. The maximum Gasteiger partial charge on any atom is 0.191 e. The van der Waals surface area contributed by atoms with E-state index in [0.717, 1.165) is 42.7 Å². The SMILES string of the molecule is CSc1nc(NC2CC2)cc(N2CCC(O)CC2)n1. The zero-order valence-corrected chi connectivity index (χ0v) is 12.0. The predicted octanol–water partition coefficient (Wildman–Crippen LogP) is 1.73. The number of anilines is 2. The van der Waals surface area contributed by atoms with Crippen molar-refractivity contribution >= 4 is 23.4 Å². The number of thioether (sulfide) groups is 1. The molecule has 1 aliphatic heterocycles. The number of hydrogen-bond donors (Lipinski definition) is 2. The molecule has 2 aliphatic rings. The van der Waals surface area contributed by atoms with Gasteiger partial charge in [0.1, 0.15) is 11.6 Å². The van der Waals surface area contributed by atoms with Gasteiger partial charge >= 0.3 is 0 Å². The van der Waals surface area contributed by atoms with E-state index < -0.39 is 0 Å². The number of hydrogen-bond acceptors (Lipinski definition) is 6. The average Bonchev–Trinajstić information content (AvgIpc) is 3.23. The van der Waals surface area contributed by atoms with E-state index >= 15 is 0 Å². The molecular formula is C13H20N4OS. The van der Waals surface area contributed by atoms with E-state index in [1.807, 2.05) is 12.3 Å². The van der Waals surface area contributed by atoms with Crippen LogP contribution in [0.25, 0.3) is 0 Å². The van der Waals surface area contributed by atoms with Crippen molar-refractivity contribution in [3.63, 3.8) is 0 Å². The van der Waals surface area contributed by atoms with Gasteiger partial charge in [-0.2, -0.15) is 0 Å². The second-order valence-corrected chi connectivity index (χ2v) is 6.01. The van der Waals surface area contributed by atoms with E-state index in [0.29, 0.717) is 6.04 Å². The molecule has 0 bridgehead atoms. The second kappa shape index (κ2) is 5.54. The molecule has 1 saturated heterocycles. The molecule has 5 nitrogen and oxygen atoms in total. The molecular weight excluding hydrogens is 260 g/mol. The summed E-state index contributed by atoms with van der Waals surface area (Å²) in [5.74, 6) is 1.91. The van der Waals surface area contributed by atoms with Gasteiger partial charge in [-0.1, -0.05) is 11.8 Å². The average molecular weight is 280 g/mol. The molecule has 0 aromatic carbocycles. The third kappa shape index (κ3) is 3.30. The number of nitrogens with one attached hydrogen (secondary N) is 1. The minimum Gasteiger partial charge on any atom is -0.393 e. The van der Waals surface area contributed by atoms with Crippen LogP contribution in [0, 0.1) is 0 Å². The lowest BCUT2D eigenvalue weighted by atomic mass is 10.1. The Bertz CT molecular complexity index is 444. The van der Waals surface area contributed by atoms with E-state index in [9.17, 15) is 5.11 Å². The van der Waals surface area contributed by atoms with Gasteiger partial charge in [-0.25, -0.2) is 9.97 Å². The summed E-state index contributed by atoms with van der Waals surface area (Å²) in [6.07, 6.45) is 5.98. The van der Waals surface area contributed by atoms with Gasteiger partial charge in [0.2, 0.25) is 0 Å². The first-order chi connectivity index (χ1) is 9.24. The van der Waals surface area contributed by atoms with Crippen LogP contribution >= 0.6 is 11.8 Å². The van der Waals surface area contributed by atoms with Gasteiger partial charge in [0.05, 0.1) is 6.10 Å². The summed E-state index contributed by atoms with van der Waals surface area (Å²) in [7, 11) is 0. The van der Waals surface area contributed by atoms with Crippen molar-refractivity contribution in [1.82, 2.24) is 9.97 Å². The zero-order valence-electron chi connectivity index (χ0n) is 11.2. The quantitative estimate of drug-likeness (QED) is 0.647. The van der Waals surface area contributed by atoms with Gasteiger partial charge in [0.15, 0.2) is 5.16 Å². The van der Waals surface area contributed by atoms with E-state index in [-0.39, 0.29) is 6.10 Å². The highest BCUT2D eigenvalue weighted by Crippen LogP contribution is 2.27. The highest BCUT2D eigenvalue weighted by atomic mass is 32.2. The number of piperidine rings is 1. The van der Waals surface area contributed by atoms with Gasteiger partial charge in [0, 0.05) is 25.2 Å². The Morgan fingerprint density at radius 3 is 2.63 bits per heavy atom. The smallest absolute Gasteiger partial charge is 0.191 e. The Kier molecular flexibility index (Phi) is 3.79. The molecule has 0 unspecified atom stereocenters. The van der Waals surface area contributed by atoms with Crippen molar-refractivity contribution in [2.45, 2.75) is 43.0 Å². The van der Waals surface area contributed by atoms with E-state index in [1.54, 1.807) is 11.8 Å².